The third kappa shape index (κ3) is 14.8. The third-order valence-corrected chi connectivity index (χ3v) is 9.35. The molecule has 1 fully saturated rings. The number of aryl methyl sites for hydroxylation is 1. The molecule has 0 aliphatic carbocycles. The van der Waals surface area contributed by atoms with E-state index in [1.54, 1.807) is 19.1 Å². The summed E-state index contributed by atoms with van der Waals surface area (Å²) >= 11 is 0. The van der Waals surface area contributed by atoms with Crippen LogP contribution in [0.4, 0.5) is 0 Å². The molecule has 10 N–H and O–H groups in total. The first-order valence-electron chi connectivity index (χ1n) is 18.2. The second-order valence-corrected chi connectivity index (χ2v) is 13.5. The van der Waals surface area contributed by atoms with Crippen LogP contribution in [0.1, 0.15) is 113 Å². The van der Waals surface area contributed by atoms with E-state index in [2.05, 4.69) is 0 Å². The number of carboxylic acid groups (broad SMARTS) is 1. The SMILES string of the molecule is C[C@H](CCCCCCCCCCCCCCCc1cccc(O)c1C(=O)O)OC(=O)[C@@H](O)[C@@H](O)[C@H](O)[C@@H](CO)O[C@H]1O[C@H](CO)[C@@H](O)[C@H](O)[C@@H]1O. The van der Waals surface area contributed by atoms with Crippen molar-refractivity contribution in [3.63, 3.8) is 0 Å². The first-order chi connectivity index (χ1) is 24.3. The maximum Gasteiger partial charge on any atom is 0.339 e. The minimum Gasteiger partial charge on any atom is -0.507 e. The Morgan fingerprint density at radius 3 is 1.86 bits per heavy atom. The van der Waals surface area contributed by atoms with E-state index in [1.165, 1.54) is 31.7 Å². The molecule has 0 spiro atoms. The zero-order chi connectivity index (χ0) is 37.9. The van der Waals surface area contributed by atoms with Gasteiger partial charge >= 0.3 is 11.9 Å². The summed E-state index contributed by atoms with van der Waals surface area (Å²) in [4.78, 5) is 23.8. The van der Waals surface area contributed by atoms with E-state index in [0.29, 0.717) is 18.4 Å². The molecule has 1 aliphatic heterocycles. The molecule has 15 heteroatoms. The molecule has 1 heterocycles. The van der Waals surface area contributed by atoms with Crippen LogP contribution in [-0.2, 0) is 25.4 Å². The maximum atomic E-state index is 12.4. The zero-order valence-electron chi connectivity index (χ0n) is 29.5. The van der Waals surface area contributed by atoms with Gasteiger partial charge in [-0.05, 0) is 44.2 Å². The highest BCUT2D eigenvalue weighted by molar-refractivity contribution is 5.92. The summed E-state index contributed by atoms with van der Waals surface area (Å²) < 4.78 is 15.6. The minimum atomic E-state index is -2.18. The van der Waals surface area contributed by atoms with E-state index in [9.17, 15) is 60.7 Å². The van der Waals surface area contributed by atoms with Gasteiger partial charge in [0.15, 0.2) is 12.4 Å². The third-order valence-electron chi connectivity index (χ3n) is 9.35. The predicted molar refractivity (Wildman–Crippen MR) is 183 cm³/mol. The van der Waals surface area contributed by atoms with Crippen LogP contribution >= 0.6 is 0 Å². The summed E-state index contributed by atoms with van der Waals surface area (Å²) in [6, 6.07) is 4.83. The zero-order valence-corrected chi connectivity index (χ0v) is 29.5. The molecule has 0 bridgehead atoms. The first-order valence-corrected chi connectivity index (χ1v) is 18.2. The van der Waals surface area contributed by atoms with Crippen LogP contribution in [0.5, 0.6) is 5.75 Å². The Kier molecular flexibility index (Phi) is 21.0. The lowest BCUT2D eigenvalue weighted by atomic mass is 9.99. The Morgan fingerprint density at radius 1 is 0.784 bits per heavy atom. The van der Waals surface area contributed by atoms with Gasteiger partial charge in [0, 0.05) is 0 Å². The second kappa shape index (κ2) is 24.0. The number of carbonyl (C=O) groups is 2. The summed E-state index contributed by atoms with van der Waals surface area (Å²) in [6.07, 6.45) is -1.91. The average Bonchev–Trinajstić information content (AvgIpc) is 3.10. The molecule has 0 unspecified atom stereocenters. The van der Waals surface area contributed by atoms with E-state index < -0.39 is 86.4 Å². The maximum absolute atomic E-state index is 12.4. The van der Waals surface area contributed by atoms with Crippen molar-refractivity contribution in [2.75, 3.05) is 13.2 Å². The van der Waals surface area contributed by atoms with Crippen LogP contribution in [0, 0.1) is 0 Å². The lowest BCUT2D eigenvalue weighted by molar-refractivity contribution is -0.322. The number of rotatable bonds is 26. The molecule has 51 heavy (non-hydrogen) atoms. The average molecular weight is 733 g/mol. The second-order valence-electron chi connectivity index (χ2n) is 13.5. The molecule has 1 aromatic carbocycles. The van der Waals surface area contributed by atoms with Gasteiger partial charge in [-0.3, -0.25) is 0 Å². The fraction of sp³-hybridized carbons (Fsp3) is 0.778. The van der Waals surface area contributed by atoms with E-state index in [-0.39, 0.29) is 11.3 Å². The number of hydrogen-bond acceptors (Lipinski definition) is 14. The number of carboxylic acids is 1. The number of aromatic hydroxyl groups is 1. The summed E-state index contributed by atoms with van der Waals surface area (Å²) in [5, 5.41) is 99.1. The Hall–Kier alpha value is -2.44. The minimum absolute atomic E-state index is 0.00392. The molecule has 10 atom stereocenters. The Bertz CT molecular complexity index is 1130. The van der Waals surface area contributed by atoms with Crippen LogP contribution < -0.4 is 0 Å². The van der Waals surface area contributed by atoms with Crippen molar-refractivity contribution >= 4 is 11.9 Å². The number of esters is 1. The fourth-order valence-corrected chi connectivity index (χ4v) is 6.19. The summed E-state index contributed by atoms with van der Waals surface area (Å²) in [7, 11) is 0. The first kappa shape index (κ1) is 44.7. The summed E-state index contributed by atoms with van der Waals surface area (Å²) in [5.74, 6) is -2.47. The normalized spacial score (nSPS) is 23.7. The molecular formula is C36H60O15. The summed E-state index contributed by atoms with van der Waals surface area (Å²) in [6.45, 7) is -0.0364. The van der Waals surface area contributed by atoms with Gasteiger partial charge in [0.1, 0.15) is 54.0 Å². The molecule has 1 saturated heterocycles. The molecule has 0 saturated carbocycles. The largest absolute Gasteiger partial charge is 0.507 e. The van der Waals surface area contributed by atoms with Crippen LogP contribution in [0.25, 0.3) is 0 Å². The number of aromatic carboxylic acids is 1. The number of benzene rings is 1. The Balaban J connectivity index is 1.52. The number of aliphatic hydroxyl groups excluding tert-OH is 8. The van der Waals surface area contributed by atoms with Crippen LogP contribution in [0.15, 0.2) is 18.2 Å². The quantitative estimate of drug-likeness (QED) is 0.0475. The molecular weight excluding hydrogens is 672 g/mol. The van der Waals surface area contributed by atoms with Gasteiger partial charge in [-0.25, -0.2) is 9.59 Å². The van der Waals surface area contributed by atoms with Crippen molar-refractivity contribution in [2.45, 2.75) is 164 Å². The summed E-state index contributed by atoms with van der Waals surface area (Å²) in [5.41, 5.74) is 0.677. The lowest BCUT2D eigenvalue weighted by Gasteiger charge is -2.41. The van der Waals surface area contributed by atoms with Crippen molar-refractivity contribution in [3.8, 4) is 5.75 Å². The molecule has 0 amide bonds. The highest BCUT2D eigenvalue weighted by atomic mass is 16.7. The monoisotopic (exact) mass is 732 g/mol. The Labute approximate surface area is 299 Å². The number of hydrogen-bond donors (Lipinski definition) is 10. The number of aliphatic hydroxyl groups is 8. The van der Waals surface area contributed by atoms with Crippen LogP contribution in [0.3, 0.4) is 0 Å². The highest BCUT2D eigenvalue weighted by Crippen LogP contribution is 2.25. The van der Waals surface area contributed by atoms with Gasteiger partial charge in [0.05, 0.1) is 19.3 Å². The lowest BCUT2D eigenvalue weighted by Crippen LogP contribution is -2.61. The van der Waals surface area contributed by atoms with Crippen molar-refractivity contribution < 1.29 is 74.9 Å². The van der Waals surface area contributed by atoms with Crippen LogP contribution in [0.2, 0.25) is 0 Å². The van der Waals surface area contributed by atoms with E-state index >= 15 is 0 Å². The van der Waals surface area contributed by atoms with Crippen LogP contribution in [-0.4, -0.2) is 137 Å². The van der Waals surface area contributed by atoms with Gasteiger partial charge in [0.2, 0.25) is 0 Å². The fourth-order valence-electron chi connectivity index (χ4n) is 6.19. The van der Waals surface area contributed by atoms with Gasteiger partial charge in [-0.2, -0.15) is 0 Å². The number of ether oxygens (including phenoxy) is 3. The van der Waals surface area contributed by atoms with Crippen molar-refractivity contribution in [2.24, 2.45) is 0 Å². The van der Waals surface area contributed by atoms with Crippen molar-refractivity contribution in [3.05, 3.63) is 29.3 Å². The van der Waals surface area contributed by atoms with Gasteiger partial charge in [-0.1, -0.05) is 82.8 Å². The van der Waals surface area contributed by atoms with Gasteiger partial charge < -0.3 is 65.3 Å². The number of unbranched alkanes of at least 4 members (excludes halogenated alkanes) is 12. The van der Waals surface area contributed by atoms with Gasteiger partial charge in [-0.15, -0.1) is 0 Å². The molecule has 0 radical (unpaired) electrons. The Morgan fingerprint density at radius 2 is 1.33 bits per heavy atom. The topological polar surface area (TPSA) is 264 Å². The molecule has 0 aromatic heterocycles. The number of phenols is 1. The number of carbonyl (C=O) groups excluding carboxylic acids is 1. The van der Waals surface area contributed by atoms with E-state index in [4.69, 9.17) is 14.2 Å². The molecule has 2 rings (SSSR count). The van der Waals surface area contributed by atoms with E-state index in [0.717, 1.165) is 57.8 Å². The van der Waals surface area contributed by atoms with Crippen molar-refractivity contribution in [1.29, 1.82) is 0 Å². The molecule has 1 aliphatic rings. The van der Waals surface area contributed by atoms with E-state index in [1.807, 2.05) is 0 Å². The van der Waals surface area contributed by atoms with Gasteiger partial charge in [0.25, 0.3) is 0 Å². The molecule has 294 valence electrons. The molecule has 15 nitrogen and oxygen atoms in total. The highest BCUT2D eigenvalue weighted by Gasteiger charge is 2.46. The standard InChI is InChI=1S/C36H60O15/c1-22(49-35(48)32(44)30(42)28(40)25(20-37)50-36-33(45)31(43)29(41)26(21-38)51-36)16-13-11-9-7-5-3-2-4-6-8-10-12-14-17-23-18-15-19-24(39)27(23)34(46)47/h15,18-19,22,25-26,28-33,36-45H,2-14,16-17,20-21H2,1H3,(H,46,47)/t22-,25-,26-,28-,29-,30+,31+,32+,33+,36+/m1/s1. The smallest absolute Gasteiger partial charge is 0.339 e. The van der Waals surface area contributed by atoms with Crippen molar-refractivity contribution in [1.82, 2.24) is 0 Å². The predicted octanol–water partition coefficient (Wildman–Crippen LogP) is 1.29. The molecule has 1 aromatic rings.